The molecular formula is C25H33N3O. The van der Waals surface area contributed by atoms with E-state index in [2.05, 4.69) is 57.2 Å². The van der Waals surface area contributed by atoms with Crippen molar-refractivity contribution in [1.82, 2.24) is 14.8 Å². The molecule has 0 spiro atoms. The Bertz CT molecular complexity index is 758. The molecule has 154 valence electrons. The van der Waals surface area contributed by atoms with Gasteiger partial charge < -0.3 is 4.90 Å². The molecule has 1 amide bonds. The summed E-state index contributed by atoms with van der Waals surface area (Å²) in [5, 5.41) is 0. The highest BCUT2D eigenvalue weighted by molar-refractivity contribution is 5.79. The van der Waals surface area contributed by atoms with E-state index in [1.165, 1.54) is 24.8 Å². The third-order valence-corrected chi connectivity index (χ3v) is 6.42. The smallest absolute Gasteiger partial charge is 0.225 e. The first-order valence-corrected chi connectivity index (χ1v) is 11.2. The van der Waals surface area contributed by atoms with Crippen molar-refractivity contribution in [2.75, 3.05) is 26.2 Å². The molecule has 4 nitrogen and oxygen atoms in total. The minimum absolute atomic E-state index is 0.250. The van der Waals surface area contributed by atoms with E-state index in [-0.39, 0.29) is 5.92 Å². The van der Waals surface area contributed by atoms with Gasteiger partial charge in [0.25, 0.3) is 0 Å². The highest BCUT2D eigenvalue weighted by Crippen LogP contribution is 2.27. The summed E-state index contributed by atoms with van der Waals surface area (Å²) in [6.07, 6.45) is 8.67. The molecule has 1 unspecified atom stereocenters. The number of hydrogen-bond donors (Lipinski definition) is 0. The lowest BCUT2D eigenvalue weighted by atomic mass is 9.88. The molecule has 0 radical (unpaired) electrons. The number of nitrogens with zero attached hydrogens (tertiary/aromatic N) is 3. The highest BCUT2D eigenvalue weighted by atomic mass is 16.2. The molecule has 2 aliphatic rings. The van der Waals surface area contributed by atoms with Crippen molar-refractivity contribution < 1.29 is 4.79 Å². The van der Waals surface area contributed by atoms with E-state index in [4.69, 9.17) is 0 Å². The van der Waals surface area contributed by atoms with Crippen LogP contribution in [0.1, 0.15) is 43.4 Å². The summed E-state index contributed by atoms with van der Waals surface area (Å²) >= 11 is 0. The zero-order valence-corrected chi connectivity index (χ0v) is 17.4. The van der Waals surface area contributed by atoms with Crippen molar-refractivity contribution in [3.05, 3.63) is 66.0 Å². The van der Waals surface area contributed by atoms with E-state index >= 15 is 0 Å². The summed E-state index contributed by atoms with van der Waals surface area (Å²) in [6, 6.07) is 16.8. The Morgan fingerprint density at radius 1 is 0.931 bits per heavy atom. The van der Waals surface area contributed by atoms with Crippen LogP contribution < -0.4 is 0 Å². The Balaban J connectivity index is 1.47. The normalized spacial score (nSPS) is 21.7. The first-order chi connectivity index (χ1) is 14.3. The van der Waals surface area contributed by atoms with E-state index in [0.717, 1.165) is 57.7 Å². The molecular weight excluding hydrogens is 358 g/mol. The second-order valence-corrected chi connectivity index (χ2v) is 8.73. The van der Waals surface area contributed by atoms with Crippen LogP contribution in [0.3, 0.4) is 0 Å². The molecule has 1 atom stereocenters. The summed E-state index contributed by atoms with van der Waals surface area (Å²) in [5.74, 6) is 1.07. The molecule has 2 heterocycles. The minimum atomic E-state index is 0.250. The van der Waals surface area contributed by atoms with Gasteiger partial charge in [0.1, 0.15) is 0 Å². The molecule has 4 rings (SSSR count). The summed E-state index contributed by atoms with van der Waals surface area (Å²) in [6.45, 7) is 4.62. The number of carbonyl (C=O) groups excluding carboxylic acids is 1. The van der Waals surface area contributed by atoms with E-state index < -0.39 is 0 Å². The second kappa shape index (κ2) is 10.0. The van der Waals surface area contributed by atoms with Gasteiger partial charge in [-0.05, 0) is 42.9 Å². The van der Waals surface area contributed by atoms with Crippen LogP contribution in [0, 0.1) is 11.8 Å². The molecule has 0 N–H and O–H groups in total. The first kappa shape index (κ1) is 20.1. The fourth-order valence-corrected chi connectivity index (χ4v) is 4.92. The molecule has 1 aliphatic carbocycles. The molecule has 1 saturated heterocycles. The van der Waals surface area contributed by atoms with Gasteiger partial charge in [-0.2, -0.15) is 0 Å². The standard InChI is InChI=1S/C25H33N3O/c29-25(23-11-5-2-6-12-23)28-16-15-27(18-21-9-3-1-4-10-21)19-22(20-28)17-24-13-7-8-14-26-24/h1,3-4,7-10,13-14,22-23H,2,5-6,11-12,15-20H2. The number of benzene rings is 1. The molecule has 0 bridgehead atoms. The Hall–Kier alpha value is -2.20. The monoisotopic (exact) mass is 391 g/mol. The Labute approximate surface area is 174 Å². The van der Waals surface area contributed by atoms with Crippen molar-refractivity contribution in [1.29, 1.82) is 0 Å². The van der Waals surface area contributed by atoms with Gasteiger partial charge in [0.2, 0.25) is 5.91 Å². The summed E-state index contributed by atoms with van der Waals surface area (Å²) < 4.78 is 0. The fourth-order valence-electron chi connectivity index (χ4n) is 4.92. The second-order valence-electron chi connectivity index (χ2n) is 8.73. The zero-order chi connectivity index (χ0) is 19.9. The zero-order valence-electron chi connectivity index (χ0n) is 17.4. The molecule has 1 aromatic carbocycles. The van der Waals surface area contributed by atoms with Crippen molar-refractivity contribution in [3.63, 3.8) is 0 Å². The number of rotatable bonds is 5. The molecule has 2 fully saturated rings. The lowest BCUT2D eigenvalue weighted by Crippen LogP contribution is -2.41. The van der Waals surface area contributed by atoms with Crippen LogP contribution >= 0.6 is 0 Å². The predicted molar refractivity (Wildman–Crippen MR) is 116 cm³/mol. The summed E-state index contributed by atoms with van der Waals surface area (Å²) in [4.78, 5) is 22.5. The Morgan fingerprint density at radius 3 is 2.48 bits per heavy atom. The molecule has 1 aromatic heterocycles. The fraction of sp³-hybridized carbons (Fsp3) is 0.520. The van der Waals surface area contributed by atoms with Gasteiger partial charge in [0, 0.05) is 50.5 Å². The summed E-state index contributed by atoms with van der Waals surface area (Å²) in [7, 11) is 0. The number of carbonyl (C=O) groups is 1. The SMILES string of the molecule is O=C(C1CCCCC1)N1CCN(Cc2ccccc2)CC(Cc2ccccn2)C1. The van der Waals surface area contributed by atoms with E-state index in [9.17, 15) is 4.79 Å². The number of amides is 1. The van der Waals surface area contributed by atoms with Gasteiger partial charge in [-0.15, -0.1) is 0 Å². The first-order valence-electron chi connectivity index (χ1n) is 11.2. The van der Waals surface area contributed by atoms with Gasteiger partial charge >= 0.3 is 0 Å². The maximum atomic E-state index is 13.3. The van der Waals surface area contributed by atoms with Crippen LogP contribution in [0.2, 0.25) is 0 Å². The molecule has 1 saturated carbocycles. The third kappa shape index (κ3) is 5.66. The van der Waals surface area contributed by atoms with E-state index in [0.29, 0.717) is 11.8 Å². The summed E-state index contributed by atoms with van der Waals surface area (Å²) in [5.41, 5.74) is 2.47. The predicted octanol–water partition coefficient (Wildman–Crippen LogP) is 4.17. The lowest BCUT2D eigenvalue weighted by molar-refractivity contribution is -0.136. The maximum absolute atomic E-state index is 13.3. The van der Waals surface area contributed by atoms with Crippen LogP contribution in [0.5, 0.6) is 0 Å². The Morgan fingerprint density at radius 2 is 1.72 bits per heavy atom. The van der Waals surface area contributed by atoms with Crippen molar-refractivity contribution in [3.8, 4) is 0 Å². The third-order valence-electron chi connectivity index (χ3n) is 6.42. The molecule has 2 aromatic rings. The largest absolute Gasteiger partial charge is 0.341 e. The quantitative estimate of drug-likeness (QED) is 0.768. The number of pyridine rings is 1. The minimum Gasteiger partial charge on any atom is -0.341 e. The average molecular weight is 392 g/mol. The number of hydrogen-bond acceptors (Lipinski definition) is 3. The lowest BCUT2D eigenvalue weighted by Gasteiger charge is -2.30. The maximum Gasteiger partial charge on any atom is 0.225 e. The van der Waals surface area contributed by atoms with Gasteiger partial charge in [0.15, 0.2) is 0 Å². The van der Waals surface area contributed by atoms with Crippen LogP contribution in [0.4, 0.5) is 0 Å². The van der Waals surface area contributed by atoms with Crippen molar-refractivity contribution in [2.24, 2.45) is 11.8 Å². The van der Waals surface area contributed by atoms with Crippen LogP contribution in [-0.2, 0) is 17.8 Å². The van der Waals surface area contributed by atoms with E-state index in [1.54, 1.807) is 0 Å². The van der Waals surface area contributed by atoms with E-state index in [1.807, 2.05) is 12.3 Å². The number of aromatic nitrogens is 1. The van der Waals surface area contributed by atoms with Crippen LogP contribution in [0.15, 0.2) is 54.7 Å². The van der Waals surface area contributed by atoms with Gasteiger partial charge in [-0.25, -0.2) is 0 Å². The highest BCUT2D eigenvalue weighted by Gasteiger charge is 2.30. The molecule has 4 heteroatoms. The molecule has 29 heavy (non-hydrogen) atoms. The van der Waals surface area contributed by atoms with Gasteiger partial charge in [-0.3, -0.25) is 14.7 Å². The average Bonchev–Trinajstić information content (AvgIpc) is 2.97. The van der Waals surface area contributed by atoms with Gasteiger partial charge in [0.05, 0.1) is 0 Å². The topological polar surface area (TPSA) is 36.4 Å². The van der Waals surface area contributed by atoms with Crippen LogP contribution in [-0.4, -0.2) is 46.9 Å². The van der Waals surface area contributed by atoms with Crippen LogP contribution in [0.25, 0.3) is 0 Å². The van der Waals surface area contributed by atoms with Gasteiger partial charge in [-0.1, -0.05) is 55.7 Å². The molecule has 1 aliphatic heterocycles. The Kier molecular flexibility index (Phi) is 6.94. The van der Waals surface area contributed by atoms with Crippen molar-refractivity contribution in [2.45, 2.75) is 45.1 Å². The van der Waals surface area contributed by atoms with Crippen molar-refractivity contribution >= 4 is 5.91 Å².